The molecule has 156 valence electrons. The number of pyridine rings is 1. The molecule has 0 spiro atoms. The number of para-hydroxylation sites is 1. The van der Waals surface area contributed by atoms with E-state index in [2.05, 4.69) is 61.7 Å². The van der Waals surface area contributed by atoms with Gasteiger partial charge in [0.2, 0.25) is 0 Å². The molecule has 7 heteroatoms. The summed E-state index contributed by atoms with van der Waals surface area (Å²) in [6.45, 7) is 3.77. The molecule has 2 aromatic rings. The monoisotopic (exact) mass is 414 g/mol. The molecule has 3 rings (SSSR count). The minimum Gasteiger partial charge on any atom is -0.375 e. The largest absolute Gasteiger partial charge is 0.375 e. The van der Waals surface area contributed by atoms with Crippen molar-refractivity contribution < 1.29 is 0 Å². The molecule has 1 aliphatic rings. The second kappa shape index (κ2) is 10.9. The van der Waals surface area contributed by atoms with Gasteiger partial charge in [0, 0.05) is 58.2 Å². The van der Waals surface area contributed by atoms with Gasteiger partial charge in [-0.15, -0.1) is 0 Å². The summed E-state index contributed by atoms with van der Waals surface area (Å²) in [4.78, 5) is 13.3. The average molecular weight is 415 g/mol. The third kappa shape index (κ3) is 6.26. The minimum absolute atomic E-state index is 0.337. The van der Waals surface area contributed by atoms with Crippen LogP contribution in [0.15, 0.2) is 53.7 Å². The van der Waals surface area contributed by atoms with Crippen molar-refractivity contribution in [3.63, 3.8) is 0 Å². The van der Waals surface area contributed by atoms with Crippen LogP contribution in [-0.4, -0.2) is 57.3 Å². The molecule has 2 N–H and O–H groups in total. The summed E-state index contributed by atoms with van der Waals surface area (Å²) in [5, 5.41) is 7.67. The summed E-state index contributed by atoms with van der Waals surface area (Å²) in [7, 11) is 3.96. The predicted molar refractivity (Wildman–Crippen MR) is 123 cm³/mol. The Hall–Kier alpha value is -2.47. The molecule has 29 heavy (non-hydrogen) atoms. The Labute approximate surface area is 179 Å². The number of rotatable bonds is 8. The molecule has 1 aliphatic heterocycles. The molecule has 1 fully saturated rings. The van der Waals surface area contributed by atoms with Gasteiger partial charge in [-0.2, -0.15) is 0 Å². The van der Waals surface area contributed by atoms with E-state index in [0.29, 0.717) is 11.1 Å². The first-order valence-corrected chi connectivity index (χ1v) is 10.6. The standard InChI is InChI=1S/C22H31ClN6/c1-24-22(26-13-6-7-15-28(2)19-9-4-3-5-10-19)27-18-12-16-29(17-18)21-20(23)11-8-14-25-21/h3-5,8-11,14,18H,6-7,12-13,15-17H2,1-2H3,(H2,24,26,27). The van der Waals surface area contributed by atoms with E-state index in [1.54, 1.807) is 6.20 Å². The van der Waals surface area contributed by atoms with Crippen LogP contribution in [0.25, 0.3) is 0 Å². The summed E-state index contributed by atoms with van der Waals surface area (Å²) in [6.07, 6.45) is 5.05. The molecule has 0 bridgehead atoms. The van der Waals surface area contributed by atoms with Gasteiger partial charge < -0.3 is 20.4 Å². The van der Waals surface area contributed by atoms with Crippen molar-refractivity contribution in [1.82, 2.24) is 15.6 Å². The Bertz CT molecular complexity index is 782. The maximum Gasteiger partial charge on any atom is 0.191 e. The van der Waals surface area contributed by atoms with E-state index in [-0.39, 0.29) is 0 Å². The lowest BCUT2D eigenvalue weighted by molar-refractivity contribution is 0.635. The van der Waals surface area contributed by atoms with Crippen LogP contribution < -0.4 is 20.4 Å². The van der Waals surface area contributed by atoms with Crippen LogP contribution in [0.2, 0.25) is 5.02 Å². The van der Waals surface area contributed by atoms with Crippen LogP contribution in [0, 0.1) is 0 Å². The molecule has 1 saturated heterocycles. The lowest BCUT2D eigenvalue weighted by Crippen LogP contribution is -2.45. The number of hydrogen-bond donors (Lipinski definition) is 2. The molecule has 0 amide bonds. The van der Waals surface area contributed by atoms with Gasteiger partial charge in [0.1, 0.15) is 5.82 Å². The van der Waals surface area contributed by atoms with Crippen molar-refractivity contribution in [2.24, 2.45) is 4.99 Å². The lowest BCUT2D eigenvalue weighted by Gasteiger charge is -2.21. The molecule has 0 aliphatic carbocycles. The first-order chi connectivity index (χ1) is 14.2. The van der Waals surface area contributed by atoms with Crippen LogP contribution >= 0.6 is 11.6 Å². The molecule has 0 saturated carbocycles. The van der Waals surface area contributed by atoms with Crippen LogP contribution in [0.1, 0.15) is 19.3 Å². The van der Waals surface area contributed by atoms with E-state index in [1.165, 1.54) is 5.69 Å². The van der Waals surface area contributed by atoms with Crippen LogP contribution in [-0.2, 0) is 0 Å². The molecular formula is C22H31ClN6. The van der Waals surface area contributed by atoms with Crippen molar-refractivity contribution in [3.8, 4) is 0 Å². The highest BCUT2D eigenvalue weighted by Crippen LogP contribution is 2.25. The number of aliphatic imine (C=N–C) groups is 1. The van der Waals surface area contributed by atoms with Crippen LogP contribution in [0.4, 0.5) is 11.5 Å². The van der Waals surface area contributed by atoms with Gasteiger partial charge in [-0.3, -0.25) is 4.99 Å². The second-order valence-corrected chi connectivity index (χ2v) is 7.76. The van der Waals surface area contributed by atoms with Gasteiger partial charge in [-0.05, 0) is 43.5 Å². The highest BCUT2D eigenvalue weighted by molar-refractivity contribution is 6.32. The topological polar surface area (TPSA) is 55.8 Å². The third-order valence-electron chi connectivity index (χ3n) is 5.20. The smallest absolute Gasteiger partial charge is 0.191 e. The van der Waals surface area contributed by atoms with E-state index < -0.39 is 0 Å². The normalized spacial score (nSPS) is 16.7. The molecule has 1 atom stereocenters. The number of guanidine groups is 1. The zero-order chi connectivity index (χ0) is 20.5. The summed E-state index contributed by atoms with van der Waals surface area (Å²) >= 11 is 6.28. The Morgan fingerprint density at radius 2 is 2.07 bits per heavy atom. The van der Waals surface area contributed by atoms with E-state index in [1.807, 2.05) is 25.2 Å². The molecule has 2 heterocycles. The number of hydrogen-bond acceptors (Lipinski definition) is 4. The fourth-order valence-electron chi connectivity index (χ4n) is 3.56. The third-order valence-corrected chi connectivity index (χ3v) is 5.50. The molecule has 6 nitrogen and oxygen atoms in total. The van der Waals surface area contributed by atoms with Crippen LogP contribution in [0.5, 0.6) is 0 Å². The Morgan fingerprint density at radius 1 is 1.24 bits per heavy atom. The van der Waals surface area contributed by atoms with Crippen molar-refractivity contribution in [3.05, 3.63) is 53.7 Å². The predicted octanol–water partition coefficient (Wildman–Crippen LogP) is 3.40. The van der Waals surface area contributed by atoms with Crippen molar-refractivity contribution >= 4 is 29.1 Å². The number of nitrogens with zero attached hydrogens (tertiary/aromatic N) is 4. The SMILES string of the molecule is CN=C(NCCCCN(C)c1ccccc1)NC1CCN(c2ncccc2Cl)C1. The lowest BCUT2D eigenvalue weighted by atomic mass is 10.2. The van der Waals surface area contributed by atoms with Crippen molar-refractivity contribution in [1.29, 1.82) is 0 Å². The number of aromatic nitrogens is 1. The zero-order valence-electron chi connectivity index (χ0n) is 17.3. The molecule has 1 unspecified atom stereocenters. The van der Waals surface area contributed by atoms with E-state index in [0.717, 1.165) is 57.2 Å². The fourth-order valence-corrected chi connectivity index (χ4v) is 3.80. The molecular weight excluding hydrogens is 384 g/mol. The van der Waals surface area contributed by atoms with Crippen LogP contribution in [0.3, 0.4) is 0 Å². The van der Waals surface area contributed by atoms with Crippen molar-refractivity contribution in [2.75, 3.05) is 50.1 Å². The first kappa shape index (κ1) is 21.2. The maximum absolute atomic E-state index is 6.28. The van der Waals surface area contributed by atoms with Gasteiger partial charge >= 0.3 is 0 Å². The Morgan fingerprint density at radius 3 is 2.83 bits per heavy atom. The number of anilines is 2. The number of unbranched alkanes of at least 4 members (excludes halogenated alkanes) is 1. The summed E-state index contributed by atoms with van der Waals surface area (Å²) < 4.78 is 0. The summed E-state index contributed by atoms with van der Waals surface area (Å²) in [6, 6.07) is 14.6. The molecule has 1 aromatic carbocycles. The first-order valence-electron chi connectivity index (χ1n) is 10.3. The summed E-state index contributed by atoms with van der Waals surface area (Å²) in [5.41, 5.74) is 1.26. The highest BCUT2D eigenvalue weighted by Gasteiger charge is 2.25. The molecule has 0 radical (unpaired) electrons. The fraction of sp³-hybridized carbons (Fsp3) is 0.455. The molecule has 1 aromatic heterocycles. The highest BCUT2D eigenvalue weighted by atomic mass is 35.5. The summed E-state index contributed by atoms with van der Waals surface area (Å²) in [5.74, 6) is 1.73. The van der Waals surface area contributed by atoms with Gasteiger partial charge in [0.25, 0.3) is 0 Å². The van der Waals surface area contributed by atoms with E-state index in [9.17, 15) is 0 Å². The maximum atomic E-state index is 6.28. The second-order valence-electron chi connectivity index (χ2n) is 7.35. The van der Waals surface area contributed by atoms with Gasteiger partial charge in [0.05, 0.1) is 5.02 Å². The quantitative estimate of drug-likeness (QED) is 0.394. The Kier molecular flexibility index (Phi) is 7.99. The number of benzene rings is 1. The van der Waals surface area contributed by atoms with E-state index in [4.69, 9.17) is 11.6 Å². The van der Waals surface area contributed by atoms with E-state index >= 15 is 0 Å². The Balaban J connectivity index is 1.35. The minimum atomic E-state index is 0.337. The van der Waals surface area contributed by atoms with Crippen molar-refractivity contribution in [2.45, 2.75) is 25.3 Å². The zero-order valence-corrected chi connectivity index (χ0v) is 18.1. The average Bonchev–Trinajstić information content (AvgIpc) is 3.21. The van der Waals surface area contributed by atoms with Gasteiger partial charge in [0.15, 0.2) is 5.96 Å². The van der Waals surface area contributed by atoms with Gasteiger partial charge in [-0.25, -0.2) is 4.98 Å². The number of halogens is 1. The van der Waals surface area contributed by atoms with Gasteiger partial charge in [-0.1, -0.05) is 29.8 Å². The number of nitrogens with one attached hydrogen (secondary N) is 2.